The van der Waals surface area contributed by atoms with E-state index in [2.05, 4.69) is 10.3 Å². The van der Waals surface area contributed by atoms with Crippen molar-refractivity contribution in [3.8, 4) is 5.69 Å². The highest BCUT2D eigenvalue weighted by Gasteiger charge is 2.57. The van der Waals surface area contributed by atoms with Crippen LogP contribution in [0.2, 0.25) is 5.02 Å². The Kier molecular flexibility index (Phi) is 5.36. The standard InChI is InChI=1S/C25H20ClF3N4O4/c26-16-3-12(27)4-17(28)21(16)33-10-15(24(37)31-25-6-11(7-25)18(29)8-25)22(36)14-1-2-19(30-23(14)33)32-9-13(34)5-20(32)35/h1-4,10-11,13,18,34H,5-9H2,(H,31,37)/t11?,13-,18?,25?/m0/s1. The fraction of sp³-hybridized carbons (Fsp3) is 0.360. The number of hydrogen-bond donors (Lipinski definition) is 2. The maximum absolute atomic E-state index is 15.0. The van der Waals surface area contributed by atoms with Crippen LogP contribution in [0.25, 0.3) is 16.7 Å². The maximum atomic E-state index is 15.0. The smallest absolute Gasteiger partial charge is 0.257 e. The quantitative estimate of drug-likeness (QED) is 0.537. The zero-order valence-corrected chi connectivity index (χ0v) is 19.9. The normalized spacial score (nSPS) is 26.6. The molecule has 7 rings (SSSR count). The number of alkyl halides is 1. The zero-order valence-electron chi connectivity index (χ0n) is 19.2. The zero-order chi connectivity index (χ0) is 26.2. The summed E-state index contributed by atoms with van der Waals surface area (Å²) in [5, 5.41) is 12.2. The molecule has 2 amide bonds. The van der Waals surface area contributed by atoms with Crippen LogP contribution in [0.1, 0.15) is 36.0 Å². The van der Waals surface area contributed by atoms with E-state index in [4.69, 9.17) is 11.6 Å². The maximum Gasteiger partial charge on any atom is 0.257 e. The van der Waals surface area contributed by atoms with Gasteiger partial charge in [-0.05, 0) is 37.0 Å². The van der Waals surface area contributed by atoms with E-state index in [9.17, 15) is 28.3 Å². The molecule has 1 saturated heterocycles. The predicted molar refractivity (Wildman–Crippen MR) is 128 cm³/mol. The highest BCUT2D eigenvalue weighted by molar-refractivity contribution is 6.32. The summed E-state index contributed by atoms with van der Waals surface area (Å²) in [5.74, 6) is -3.17. The summed E-state index contributed by atoms with van der Waals surface area (Å²) < 4.78 is 43.9. The number of nitrogens with zero attached hydrogens (tertiary/aromatic N) is 3. The Bertz CT molecular complexity index is 1530. The van der Waals surface area contributed by atoms with Gasteiger partial charge in [0.1, 0.15) is 29.1 Å². The number of pyridine rings is 2. The minimum Gasteiger partial charge on any atom is -0.391 e. The average molecular weight is 533 g/mol. The number of amides is 2. The van der Waals surface area contributed by atoms with E-state index in [1.807, 2.05) is 0 Å². The molecule has 3 heterocycles. The van der Waals surface area contributed by atoms with Gasteiger partial charge in [0.05, 0.1) is 29.5 Å². The van der Waals surface area contributed by atoms with Gasteiger partial charge in [-0.15, -0.1) is 0 Å². The number of nitrogens with one attached hydrogen (secondary N) is 1. The van der Waals surface area contributed by atoms with Gasteiger partial charge in [0, 0.05) is 24.2 Å². The van der Waals surface area contributed by atoms with Crippen molar-refractivity contribution >= 4 is 40.3 Å². The average Bonchev–Trinajstić information content (AvgIpc) is 3.41. The molecule has 2 N–H and O–H groups in total. The van der Waals surface area contributed by atoms with Crippen LogP contribution in [0, 0.1) is 17.6 Å². The Hall–Kier alpha value is -3.44. The second-order valence-electron chi connectivity index (χ2n) is 9.99. The lowest BCUT2D eigenvalue weighted by molar-refractivity contribution is -0.117. The Labute approximate surface area is 212 Å². The molecule has 1 aromatic carbocycles. The molecule has 0 radical (unpaired) electrons. The number of hydrogen-bond acceptors (Lipinski definition) is 5. The molecule has 192 valence electrons. The third-order valence-electron chi connectivity index (χ3n) is 7.47. The third kappa shape index (κ3) is 3.79. The number of aliphatic hydroxyl groups excluding tert-OH is 1. The Balaban J connectivity index is 1.52. The van der Waals surface area contributed by atoms with Gasteiger partial charge in [0.2, 0.25) is 11.3 Å². The first kappa shape index (κ1) is 23.9. The number of fused-ring (bicyclic) bond motifs is 2. The molecule has 0 spiro atoms. The summed E-state index contributed by atoms with van der Waals surface area (Å²) in [4.78, 5) is 44.5. The first-order valence-corrected chi connectivity index (χ1v) is 12.1. The molecule has 2 bridgehead atoms. The Morgan fingerprint density at radius 1 is 1.19 bits per heavy atom. The second kappa shape index (κ2) is 8.29. The Morgan fingerprint density at radius 2 is 1.95 bits per heavy atom. The van der Waals surface area contributed by atoms with Gasteiger partial charge < -0.3 is 10.4 Å². The molecular formula is C25H20ClF3N4O4. The number of rotatable bonds is 4. The van der Waals surface area contributed by atoms with E-state index >= 15 is 4.39 Å². The van der Waals surface area contributed by atoms with Crippen molar-refractivity contribution < 1.29 is 27.9 Å². The molecule has 2 atom stereocenters. The van der Waals surface area contributed by atoms with Crippen LogP contribution in [0.5, 0.6) is 0 Å². The van der Waals surface area contributed by atoms with Crippen molar-refractivity contribution in [2.45, 2.75) is 43.5 Å². The van der Waals surface area contributed by atoms with Gasteiger partial charge in [-0.25, -0.2) is 18.2 Å². The molecule has 37 heavy (non-hydrogen) atoms. The number of β-amino-alcohol motifs (C(OH)–C–C–N with tert-alkyl or cyclic N) is 1. The molecule has 4 fully saturated rings. The fourth-order valence-electron chi connectivity index (χ4n) is 5.72. The molecular weight excluding hydrogens is 513 g/mol. The van der Waals surface area contributed by atoms with Crippen molar-refractivity contribution in [2.24, 2.45) is 5.92 Å². The van der Waals surface area contributed by atoms with Gasteiger partial charge in [-0.2, -0.15) is 0 Å². The number of aromatic nitrogens is 2. The molecule has 3 saturated carbocycles. The third-order valence-corrected chi connectivity index (χ3v) is 7.75. The predicted octanol–water partition coefficient (Wildman–Crippen LogP) is 3.04. The van der Waals surface area contributed by atoms with E-state index in [-0.39, 0.29) is 58.4 Å². The first-order chi connectivity index (χ1) is 17.5. The summed E-state index contributed by atoms with van der Waals surface area (Å²) in [6.07, 6.45) is 0.147. The molecule has 4 aliphatic rings. The van der Waals surface area contributed by atoms with Crippen molar-refractivity contribution in [3.63, 3.8) is 0 Å². The summed E-state index contributed by atoms with van der Waals surface area (Å²) >= 11 is 6.19. The monoisotopic (exact) mass is 532 g/mol. The first-order valence-electron chi connectivity index (χ1n) is 11.7. The molecule has 1 aliphatic heterocycles. The van der Waals surface area contributed by atoms with Crippen molar-refractivity contribution in [1.82, 2.24) is 14.9 Å². The SMILES string of the molecule is O=C(NC12CC(F)C(C1)C2)c1cn(-c2c(F)cc(F)cc2Cl)c2nc(N3C[C@@H](O)CC3=O)ccc2c1=O. The van der Waals surface area contributed by atoms with E-state index in [1.165, 1.54) is 17.0 Å². The van der Waals surface area contributed by atoms with Crippen molar-refractivity contribution in [2.75, 3.05) is 11.4 Å². The van der Waals surface area contributed by atoms with E-state index in [1.54, 1.807) is 0 Å². The van der Waals surface area contributed by atoms with Crippen LogP contribution in [0.15, 0.2) is 35.3 Å². The lowest BCUT2D eigenvalue weighted by Gasteiger charge is -2.38. The highest BCUT2D eigenvalue weighted by Crippen LogP contribution is 2.53. The molecule has 8 nitrogen and oxygen atoms in total. The summed E-state index contributed by atoms with van der Waals surface area (Å²) in [7, 11) is 0. The van der Waals surface area contributed by atoms with Gasteiger partial charge in [0.25, 0.3) is 5.91 Å². The number of aliphatic hydroxyl groups is 1. The summed E-state index contributed by atoms with van der Waals surface area (Å²) in [5.41, 5.74) is -2.28. The summed E-state index contributed by atoms with van der Waals surface area (Å²) in [6, 6.07) is 4.20. The van der Waals surface area contributed by atoms with Crippen molar-refractivity contribution in [3.05, 3.63) is 62.9 Å². The molecule has 2 aromatic heterocycles. The topological polar surface area (TPSA) is 105 Å². The number of carbonyl (C=O) groups is 2. The highest BCUT2D eigenvalue weighted by atomic mass is 35.5. The lowest BCUT2D eigenvalue weighted by Crippen LogP contribution is -2.52. The van der Waals surface area contributed by atoms with Gasteiger partial charge in [-0.3, -0.25) is 23.9 Å². The van der Waals surface area contributed by atoms with Crippen LogP contribution >= 0.6 is 11.6 Å². The van der Waals surface area contributed by atoms with Crippen LogP contribution < -0.4 is 15.6 Å². The van der Waals surface area contributed by atoms with Gasteiger partial charge in [-0.1, -0.05) is 11.6 Å². The molecule has 12 heteroatoms. The Morgan fingerprint density at radius 3 is 2.57 bits per heavy atom. The van der Waals surface area contributed by atoms with E-state index < -0.39 is 46.7 Å². The number of halogens is 4. The van der Waals surface area contributed by atoms with E-state index in [0.717, 1.165) is 16.8 Å². The van der Waals surface area contributed by atoms with Crippen LogP contribution in [0.3, 0.4) is 0 Å². The summed E-state index contributed by atoms with van der Waals surface area (Å²) in [6.45, 7) is -0.0215. The second-order valence-corrected chi connectivity index (χ2v) is 10.4. The molecule has 3 aliphatic carbocycles. The van der Waals surface area contributed by atoms with Crippen LogP contribution in [-0.2, 0) is 4.79 Å². The molecule has 1 unspecified atom stereocenters. The van der Waals surface area contributed by atoms with Gasteiger partial charge in [0.15, 0.2) is 11.5 Å². The molecule has 3 aromatic rings. The van der Waals surface area contributed by atoms with Crippen LogP contribution in [0.4, 0.5) is 19.0 Å². The number of benzene rings is 1. The van der Waals surface area contributed by atoms with E-state index in [0.29, 0.717) is 18.9 Å². The lowest BCUT2D eigenvalue weighted by atomic mass is 9.77. The van der Waals surface area contributed by atoms with Crippen molar-refractivity contribution in [1.29, 1.82) is 0 Å². The van der Waals surface area contributed by atoms with Crippen LogP contribution in [-0.4, -0.2) is 50.8 Å². The number of carbonyl (C=O) groups excluding carboxylic acids is 2. The van der Waals surface area contributed by atoms with Gasteiger partial charge >= 0.3 is 0 Å². The number of anilines is 1. The minimum absolute atomic E-state index is 0.0215. The fourth-order valence-corrected chi connectivity index (χ4v) is 6.00. The largest absolute Gasteiger partial charge is 0.391 e. The minimum atomic E-state index is -1.07.